The Labute approximate surface area is 117 Å². The molecule has 1 aromatic carbocycles. The van der Waals surface area contributed by atoms with Crippen molar-refractivity contribution < 1.29 is 19.4 Å². The Morgan fingerprint density at radius 3 is 2.63 bits per heavy atom. The van der Waals surface area contributed by atoms with Crippen molar-refractivity contribution in [1.29, 1.82) is 0 Å². The molecule has 0 unspecified atom stereocenters. The highest BCUT2D eigenvalue weighted by Crippen LogP contribution is 2.24. The van der Waals surface area contributed by atoms with Crippen LogP contribution in [0.4, 0.5) is 0 Å². The van der Waals surface area contributed by atoms with Gasteiger partial charge in [-0.25, -0.2) is 0 Å². The van der Waals surface area contributed by atoms with Crippen molar-refractivity contribution in [2.45, 2.75) is 0 Å². The third-order valence-electron chi connectivity index (χ3n) is 2.64. The molecule has 0 saturated heterocycles. The number of nitrogens with zero attached hydrogens (tertiary/aromatic N) is 1. The SMILES string of the molecule is COCCN(CCCl)C(=O)c1ccc(OC)cc1O. The lowest BCUT2D eigenvalue weighted by atomic mass is 10.1. The molecule has 0 aliphatic rings. The van der Waals surface area contributed by atoms with Gasteiger partial charge < -0.3 is 19.5 Å². The van der Waals surface area contributed by atoms with Crippen LogP contribution >= 0.6 is 11.6 Å². The molecule has 1 aromatic rings. The lowest BCUT2D eigenvalue weighted by Gasteiger charge is -2.21. The normalized spacial score (nSPS) is 10.3. The molecular weight excluding hydrogens is 270 g/mol. The van der Waals surface area contributed by atoms with Crippen LogP contribution in [0.2, 0.25) is 0 Å². The van der Waals surface area contributed by atoms with E-state index in [2.05, 4.69) is 0 Å². The predicted molar refractivity (Wildman–Crippen MR) is 73.2 cm³/mol. The van der Waals surface area contributed by atoms with E-state index in [1.54, 1.807) is 13.2 Å². The Morgan fingerprint density at radius 2 is 2.11 bits per heavy atom. The average Bonchev–Trinajstić information content (AvgIpc) is 2.42. The molecule has 0 aliphatic heterocycles. The van der Waals surface area contributed by atoms with E-state index in [-0.39, 0.29) is 17.2 Å². The van der Waals surface area contributed by atoms with Crippen molar-refractivity contribution in [2.24, 2.45) is 0 Å². The number of methoxy groups -OCH3 is 2. The van der Waals surface area contributed by atoms with Crippen molar-refractivity contribution >= 4 is 17.5 Å². The Morgan fingerprint density at radius 1 is 1.37 bits per heavy atom. The summed E-state index contributed by atoms with van der Waals surface area (Å²) in [5.74, 6) is 0.431. The summed E-state index contributed by atoms with van der Waals surface area (Å²) < 4.78 is 9.93. The van der Waals surface area contributed by atoms with Crippen LogP contribution in [-0.4, -0.2) is 55.7 Å². The summed E-state index contributed by atoms with van der Waals surface area (Å²) in [6.07, 6.45) is 0. The van der Waals surface area contributed by atoms with Crippen LogP contribution in [0.3, 0.4) is 0 Å². The van der Waals surface area contributed by atoms with Crippen LogP contribution in [0.5, 0.6) is 11.5 Å². The van der Waals surface area contributed by atoms with Gasteiger partial charge in [0.2, 0.25) is 0 Å². The Kier molecular flexibility index (Phi) is 6.45. The predicted octanol–water partition coefficient (Wildman–Crippen LogP) is 1.73. The van der Waals surface area contributed by atoms with E-state index in [9.17, 15) is 9.90 Å². The third-order valence-corrected chi connectivity index (χ3v) is 2.81. The number of hydrogen-bond donors (Lipinski definition) is 1. The minimum atomic E-state index is -0.280. The number of phenolic OH excluding ortho intramolecular Hbond substituents is 1. The lowest BCUT2D eigenvalue weighted by Crippen LogP contribution is -2.35. The summed E-state index contributed by atoms with van der Waals surface area (Å²) in [6, 6.07) is 4.56. The molecule has 0 heterocycles. The second-order valence-corrected chi connectivity index (χ2v) is 4.24. The minimum absolute atomic E-state index is 0.110. The van der Waals surface area contributed by atoms with Gasteiger partial charge in [-0.2, -0.15) is 0 Å². The van der Waals surface area contributed by atoms with Crippen LogP contribution in [-0.2, 0) is 4.74 Å². The van der Waals surface area contributed by atoms with Gasteiger partial charge in [0, 0.05) is 32.1 Å². The number of alkyl halides is 1. The maximum atomic E-state index is 12.3. The van der Waals surface area contributed by atoms with Gasteiger partial charge >= 0.3 is 0 Å². The molecule has 1 N–H and O–H groups in total. The molecule has 0 aromatic heterocycles. The molecule has 0 saturated carbocycles. The first-order valence-corrected chi connectivity index (χ1v) is 6.38. The Bertz CT molecular complexity index is 425. The van der Waals surface area contributed by atoms with Crippen molar-refractivity contribution in [1.82, 2.24) is 4.90 Å². The van der Waals surface area contributed by atoms with E-state index in [1.807, 2.05) is 0 Å². The molecule has 0 spiro atoms. The zero-order chi connectivity index (χ0) is 14.3. The maximum Gasteiger partial charge on any atom is 0.257 e. The minimum Gasteiger partial charge on any atom is -0.507 e. The first kappa shape index (κ1) is 15.6. The van der Waals surface area contributed by atoms with Gasteiger partial charge in [0.1, 0.15) is 11.5 Å². The monoisotopic (exact) mass is 287 g/mol. The number of carbonyl (C=O) groups excluding carboxylic acids is 1. The van der Waals surface area contributed by atoms with Gasteiger partial charge in [-0.1, -0.05) is 0 Å². The number of benzene rings is 1. The molecule has 0 aliphatic carbocycles. The molecule has 5 nitrogen and oxygen atoms in total. The second-order valence-electron chi connectivity index (χ2n) is 3.86. The molecule has 1 amide bonds. The van der Waals surface area contributed by atoms with Crippen LogP contribution < -0.4 is 4.74 Å². The average molecular weight is 288 g/mol. The van der Waals surface area contributed by atoms with Crippen LogP contribution in [0.25, 0.3) is 0 Å². The fourth-order valence-electron chi connectivity index (χ4n) is 1.61. The molecule has 6 heteroatoms. The highest BCUT2D eigenvalue weighted by molar-refractivity contribution is 6.18. The molecule has 0 fully saturated rings. The van der Waals surface area contributed by atoms with E-state index in [0.717, 1.165) is 0 Å². The molecule has 19 heavy (non-hydrogen) atoms. The Hall–Kier alpha value is -1.46. The number of carbonyl (C=O) groups is 1. The van der Waals surface area contributed by atoms with Crippen molar-refractivity contribution in [3.63, 3.8) is 0 Å². The molecule has 0 bridgehead atoms. The largest absolute Gasteiger partial charge is 0.507 e. The number of phenols is 1. The van der Waals surface area contributed by atoms with E-state index in [1.165, 1.54) is 24.1 Å². The summed E-state index contributed by atoms with van der Waals surface area (Å²) in [5, 5.41) is 9.84. The fraction of sp³-hybridized carbons (Fsp3) is 0.462. The third kappa shape index (κ3) is 4.29. The summed E-state index contributed by atoms with van der Waals surface area (Å²) in [7, 11) is 3.06. The molecular formula is C13H18ClNO4. The van der Waals surface area contributed by atoms with Gasteiger partial charge in [0.25, 0.3) is 5.91 Å². The number of ether oxygens (including phenoxy) is 2. The number of halogens is 1. The highest BCUT2D eigenvalue weighted by atomic mass is 35.5. The number of amides is 1. The second kappa shape index (κ2) is 7.86. The van der Waals surface area contributed by atoms with Gasteiger partial charge in [-0.3, -0.25) is 4.79 Å². The van der Waals surface area contributed by atoms with Crippen molar-refractivity contribution in [3.05, 3.63) is 23.8 Å². The van der Waals surface area contributed by atoms with E-state index in [4.69, 9.17) is 21.1 Å². The van der Waals surface area contributed by atoms with Crippen LogP contribution in [0.15, 0.2) is 18.2 Å². The molecule has 1 rings (SSSR count). The summed E-state index contributed by atoms with van der Waals surface area (Å²) in [4.78, 5) is 13.8. The molecule has 0 atom stereocenters. The van der Waals surface area contributed by atoms with E-state index < -0.39 is 0 Å². The number of hydrogen-bond acceptors (Lipinski definition) is 4. The van der Waals surface area contributed by atoms with Gasteiger partial charge in [-0.05, 0) is 12.1 Å². The lowest BCUT2D eigenvalue weighted by molar-refractivity contribution is 0.0705. The summed E-state index contributed by atoms with van der Waals surface area (Å²) in [6.45, 7) is 1.24. The summed E-state index contributed by atoms with van der Waals surface area (Å²) >= 11 is 5.68. The van der Waals surface area contributed by atoms with Crippen molar-refractivity contribution in [3.8, 4) is 11.5 Å². The number of rotatable bonds is 7. The fourth-order valence-corrected chi connectivity index (χ4v) is 1.81. The molecule has 106 valence electrons. The first-order chi connectivity index (χ1) is 9.13. The zero-order valence-electron chi connectivity index (χ0n) is 11.1. The van der Waals surface area contributed by atoms with E-state index in [0.29, 0.717) is 31.3 Å². The van der Waals surface area contributed by atoms with Crippen molar-refractivity contribution in [2.75, 3.05) is 39.8 Å². The van der Waals surface area contributed by atoms with Gasteiger partial charge in [-0.15, -0.1) is 11.6 Å². The van der Waals surface area contributed by atoms with Gasteiger partial charge in [0.05, 0.1) is 19.3 Å². The quantitative estimate of drug-likeness (QED) is 0.776. The number of aromatic hydroxyl groups is 1. The first-order valence-electron chi connectivity index (χ1n) is 5.85. The summed E-state index contributed by atoms with van der Waals surface area (Å²) in [5.41, 5.74) is 0.224. The Balaban J connectivity index is 2.89. The van der Waals surface area contributed by atoms with Crippen LogP contribution in [0.1, 0.15) is 10.4 Å². The maximum absolute atomic E-state index is 12.3. The smallest absolute Gasteiger partial charge is 0.257 e. The van der Waals surface area contributed by atoms with E-state index >= 15 is 0 Å². The van der Waals surface area contributed by atoms with Gasteiger partial charge in [0.15, 0.2) is 0 Å². The molecule has 0 radical (unpaired) electrons. The zero-order valence-corrected chi connectivity index (χ0v) is 11.8. The standard InChI is InChI=1S/C13H18ClNO4/c1-18-8-7-15(6-5-14)13(17)11-4-3-10(19-2)9-12(11)16/h3-4,9,16H,5-8H2,1-2H3. The highest BCUT2D eigenvalue weighted by Gasteiger charge is 2.18. The topological polar surface area (TPSA) is 59.0 Å². The van der Waals surface area contributed by atoms with Crippen LogP contribution in [0, 0.1) is 0 Å².